The number of nitrogens with two attached hydrogens (primary N) is 1. The monoisotopic (exact) mass is 259 g/mol. The van der Waals surface area contributed by atoms with E-state index in [4.69, 9.17) is 10.2 Å². The summed E-state index contributed by atoms with van der Waals surface area (Å²) >= 11 is 0. The molecule has 0 amide bonds. The minimum Gasteiger partial charge on any atom is -0.456 e. The van der Waals surface area contributed by atoms with Gasteiger partial charge in [-0.05, 0) is 30.3 Å². The van der Waals surface area contributed by atoms with Crippen LogP contribution in [-0.2, 0) is 6.54 Å². The van der Waals surface area contributed by atoms with Gasteiger partial charge in [-0.2, -0.15) is 0 Å². The fourth-order valence-electron chi connectivity index (χ4n) is 2.02. The van der Waals surface area contributed by atoms with Crippen molar-refractivity contribution in [2.75, 3.05) is 0 Å². The van der Waals surface area contributed by atoms with Gasteiger partial charge >= 0.3 is 0 Å². The maximum absolute atomic E-state index is 13.7. The maximum atomic E-state index is 13.7. The van der Waals surface area contributed by atoms with E-state index in [2.05, 4.69) is 0 Å². The third-order valence-corrected chi connectivity index (χ3v) is 3.04. The van der Waals surface area contributed by atoms with Crippen LogP contribution in [0.4, 0.5) is 8.78 Å². The molecular weight excluding hydrogens is 248 g/mol. The molecule has 0 unspecified atom stereocenters. The topological polar surface area (TPSA) is 39.2 Å². The molecule has 96 valence electrons. The van der Waals surface area contributed by atoms with E-state index in [1.165, 1.54) is 18.2 Å². The number of fused-ring (bicyclic) bond motifs is 1. The van der Waals surface area contributed by atoms with E-state index in [9.17, 15) is 8.78 Å². The van der Waals surface area contributed by atoms with Crippen LogP contribution in [0.1, 0.15) is 5.56 Å². The summed E-state index contributed by atoms with van der Waals surface area (Å²) < 4.78 is 32.3. The highest BCUT2D eigenvalue weighted by atomic mass is 19.1. The molecule has 4 heteroatoms. The Kier molecular flexibility index (Phi) is 2.80. The largest absolute Gasteiger partial charge is 0.456 e. The van der Waals surface area contributed by atoms with Gasteiger partial charge in [0, 0.05) is 23.1 Å². The van der Waals surface area contributed by atoms with Crippen molar-refractivity contribution >= 4 is 11.0 Å². The molecule has 0 fully saturated rings. The summed E-state index contributed by atoms with van der Waals surface area (Å²) in [6.07, 6.45) is 0. The second kappa shape index (κ2) is 4.48. The number of rotatable bonds is 2. The van der Waals surface area contributed by atoms with Crippen LogP contribution in [0.25, 0.3) is 22.3 Å². The van der Waals surface area contributed by atoms with Gasteiger partial charge in [-0.25, -0.2) is 8.78 Å². The normalized spacial score (nSPS) is 11.1. The summed E-state index contributed by atoms with van der Waals surface area (Å²) in [5.41, 5.74) is 7.03. The Hall–Kier alpha value is -2.20. The van der Waals surface area contributed by atoms with Crippen LogP contribution in [0, 0.1) is 11.6 Å². The van der Waals surface area contributed by atoms with E-state index in [1.54, 1.807) is 24.3 Å². The van der Waals surface area contributed by atoms with Gasteiger partial charge in [-0.1, -0.05) is 12.1 Å². The predicted octanol–water partition coefficient (Wildman–Crippen LogP) is 3.84. The summed E-state index contributed by atoms with van der Waals surface area (Å²) in [5, 5.41) is 0.651. The second-order valence-corrected chi connectivity index (χ2v) is 4.30. The highest BCUT2D eigenvalue weighted by Crippen LogP contribution is 2.29. The Morgan fingerprint density at radius 3 is 2.58 bits per heavy atom. The van der Waals surface area contributed by atoms with Crippen LogP contribution in [0.2, 0.25) is 0 Å². The molecule has 2 aromatic carbocycles. The van der Waals surface area contributed by atoms with E-state index in [-0.39, 0.29) is 18.2 Å². The number of hydrogen-bond acceptors (Lipinski definition) is 2. The lowest BCUT2D eigenvalue weighted by Gasteiger charge is -2.01. The molecule has 3 aromatic rings. The average Bonchev–Trinajstić information content (AvgIpc) is 2.81. The SMILES string of the molecule is NCc1ccc(-c2cc3cc(F)ccc3o2)cc1F. The molecule has 0 saturated heterocycles. The number of furan rings is 1. The third kappa shape index (κ3) is 2.11. The number of benzene rings is 2. The summed E-state index contributed by atoms with van der Waals surface area (Å²) in [7, 11) is 0. The first-order valence-electron chi connectivity index (χ1n) is 5.85. The highest BCUT2D eigenvalue weighted by molar-refractivity contribution is 5.82. The van der Waals surface area contributed by atoms with E-state index in [0.29, 0.717) is 27.9 Å². The Morgan fingerprint density at radius 2 is 1.84 bits per heavy atom. The zero-order chi connectivity index (χ0) is 13.4. The van der Waals surface area contributed by atoms with Crippen molar-refractivity contribution in [3.8, 4) is 11.3 Å². The van der Waals surface area contributed by atoms with Crippen molar-refractivity contribution in [2.24, 2.45) is 5.73 Å². The molecule has 0 aliphatic heterocycles. The zero-order valence-corrected chi connectivity index (χ0v) is 9.99. The highest BCUT2D eigenvalue weighted by Gasteiger charge is 2.09. The van der Waals surface area contributed by atoms with Crippen LogP contribution in [0.5, 0.6) is 0 Å². The van der Waals surface area contributed by atoms with E-state index >= 15 is 0 Å². The molecule has 0 atom stereocenters. The van der Waals surface area contributed by atoms with E-state index in [0.717, 1.165) is 0 Å². The van der Waals surface area contributed by atoms with E-state index < -0.39 is 0 Å². The number of hydrogen-bond donors (Lipinski definition) is 1. The smallest absolute Gasteiger partial charge is 0.135 e. The molecule has 2 N–H and O–H groups in total. The van der Waals surface area contributed by atoms with Crippen molar-refractivity contribution in [1.29, 1.82) is 0 Å². The minimum atomic E-state index is -0.369. The molecule has 2 nitrogen and oxygen atoms in total. The molecule has 0 bridgehead atoms. The van der Waals surface area contributed by atoms with Crippen molar-refractivity contribution in [1.82, 2.24) is 0 Å². The van der Waals surface area contributed by atoms with Gasteiger partial charge in [0.2, 0.25) is 0 Å². The molecule has 1 aromatic heterocycles. The van der Waals surface area contributed by atoms with Gasteiger partial charge < -0.3 is 10.2 Å². The van der Waals surface area contributed by atoms with E-state index in [1.807, 2.05) is 0 Å². The van der Waals surface area contributed by atoms with Gasteiger partial charge in [-0.15, -0.1) is 0 Å². The lowest BCUT2D eigenvalue weighted by Crippen LogP contribution is -1.99. The van der Waals surface area contributed by atoms with Crippen LogP contribution >= 0.6 is 0 Å². The third-order valence-electron chi connectivity index (χ3n) is 3.04. The molecule has 0 aliphatic carbocycles. The van der Waals surface area contributed by atoms with Crippen LogP contribution in [0.3, 0.4) is 0 Å². The molecule has 0 aliphatic rings. The zero-order valence-electron chi connectivity index (χ0n) is 9.99. The molecule has 0 saturated carbocycles. The van der Waals surface area contributed by atoms with Gasteiger partial charge in [0.05, 0.1) is 0 Å². The maximum Gasteiger partial charge on any atom is 0.135 e. The fourth-order valence-corrected chi connectivity index (χ4v) is 2.02. The number of halogens is 2. The predicted molar refractivity (Wildman–Crippen MR) is 69.5 cm³/mol. The average molecular weight is 259 g/mol. The Bertz CT molecular complexity index is 749. The molecule has 19 heavy (non-hydrogen) atoms. The fraction of sp³-hybridized carbons (Fsp3) is 0.0667. The van der Waals surface area contributed by atoms with Gasteiger partial charge in [0.1, 0.15) is 23.0 Å². The quantitative estimate of drug-likeness (QED) is 0.759. The van der Waals surface area contributed by atoms with Crippen molar-refractivity contribution in [3.63, 3.8) is 0 Å². The Morgan fingerprint density at radius 1 is 1.00 bits per heavy atom. The molecule has 0 radical (unpaired) electrons. The first kappa shape index (κ1) is 11.9. The summed E-state index contributed by atoms with van der Waals surface area (Å²) in [4.78, 5) is 0. The summed E-state index contributed by atoms with van der Waals surface area (Å²) in [6, 6.07) is 10.7. The van der Waals surface area contributed by atoms with Crippen LogP contribution < -0.4 is 5.73 Å². The standard InChI is InChI=1S/C15H11F2NO/c16-12-3-4-14-11(5-12)7-15(19-14)9-1-2-10(8-18)13(17)6-9/h1-7H,8,18H2. The lowest BCUT2D eigenvalue weighted by molar-refractivity contribution is 0.605. The first-order valence-corrected chi connectivity index (χ1v) is 5.85. The lowest BCUT2D eigenvalue weighted by atomic mass is 10.1. The van der Waals surface area contributed by atoms with Crippen LogP contribution in [0.15, 0.2) is 46.9 Å². The molecule has 0 spiro atoms. The minimum absolute atomic E-state index is 0.150. The van der Waals surface area contributed by atoms with Crippen LogP contribution in [-0.4, -0.2) is 0 Å². The summed E-state index contributed by atoms with van der Waals surface area (Å²) in [5.74, 6) is -0.195. The van der Waals surface area contributed by atoms with Crippen molar-refractivity contribution in [3.05, 3.63) is 59.7 Å². The van der Waals surface area contributed by atoms with Gasteiger partial charge in [0.15, 0.2) is 0 Å². The van der Waals surface area contributed by atoms with Gasteiger partial charge in [-0.3, -0.25) is 0 Å². The first-order chi connectivity index (χ1) is 9.17. The second-order valence-electron chi connectivity index (χ2n) is 4.30. The van der Waals surface area contributed by atoms with Crippen molar-refractivity contribution < 1.29 is 13.2 Å². The Labute approximate surface area is 108 Å². The molecular formula is C15H11F2NO. The Balaban J connectivity index is 2.11. The molecule has 1 heterocycles. The van der Waals surface area contributed by atoms with Gasteiger partial charge in [0.25, 0.3) is 0 Å². The van der Waals surface area contributed by atoms with Crippen molar-refractivity contribution in [2.45, 2.75) is 6.54 Å². The molecule has 3 rings (SSSR count). The summed E-state index contributed by atoms with van der Waals surface area (Å²) in [6.45, 7) is 0.150.